The minimum Gasteiger partial charge on any atom is -0.495 e. The van der Waals surface area contributed by atoms with Gasteiger partial charge in [-0.25, -0.2) is 8.42 Å². The van der Waals surface area contributed by atoms with Crippen LogP contribution < -0.4 is 10.1 Å². The summed E-state index contributed by atoms with van der Waals surface area (Å²) in [6.45, 7) is 1.48. The van der Waals surface area contributed by atoms with Gasteiger partial charge in [-0.1, -0.05) is 66.7 Å². The fourth-order valence-corrected chi connectivity index (χ4v) is 4.66. The van der Waals surface area contributed by atoms with Gasteiger partial charge in [0.1, 0.15) is 10.6 Å². The van der Waals surface area contributed by atoms with Crippen LogP contribution in [-0.4, -0.2) is 39.3 Å². The van der Waals surface area contributed by atoms with Crippen LogP contribution in [0.4, 0.5) is 0 Å². The number of carbonyl (C=O) groups excluding carboxylic acids is 1. The molecule has 1 amide bonds. The number of carbonyl (C=O) groups is 1. The summed E-state index contributed by atoms with van der Waals surface area (Å²) in [6, 6.07) is 23.7. The highest BCUT2D eigenvalue weighted by Gasteiger charge is 2.27. The van der Waals surface area contributed by atoms with E-state index in [1.54, 1.807) is 25.1 Å². The molecule has 1 N–H and O–H groups in total. The second kappa shape index (κ2) is 9.76. The molecule has 6 nitrogen and oxygen atoms in total. The van der Waals surface area contributed by atoms with Gasteiger partial charge in [0.25, 0.3) is 0 Å². The highest BCUT2D eigenvalue weighted by atomic mass is 32.2. The quantitative estimate of drug-likeness (QED) is 0.584. The molecule has 7 heteroatoms. The van der Waals surface area contributed by atoms with Crippen LogP contribution in [0.2, 0.25) is 0 Å². The fourth-order valence-electron chi connectivity index (χ4n) is 3.30. The summed E-state index contributed by atoms with van der Waals surface area (Å²) in [5, 5.41) is 2.97. The van der Waals surface area contributed by atoms with Crippen LogP contribution in [0.3, 0.4) is 0 Å². The third-order valence-corrected chi connectivity index (χ3v) is 6.77. The molecule has 0 saturated heterocycles. The molecule has 0 bridgehead atoms. The third-order valence-electron chi connectivity index (χ3n) is 4.94. The molecular weight excluding hydrogens is 412 g/mol. The van der Waals surface area contributed by atoms with Crippen LogP contribution in [0, 0.1) is 6.92 Å². The minimum absolute atomic E-state index is 0.0352. The number of benzene rings is 3. The summed E-state index contributed by atoms with van der Waals surface area (Å²) >= 11 is 0. The Kier molecular flexibility index (Phi) is 7.09. The maximum absolute atomic E-state index is 13.1. The van der Waals surface area contributed by atoms with Crippen molar-refractivity contribution < 1.29 is 17.9 Å². The predicted octanol–water partition coefficient (Wildman–Crippen LogP) is 3.53. The van der Waals surface area contributed by atoms with E-state index in [1.807, 2.05) is 60.7 Å². The van der Waals surface area contributed by atoms with Crippen molar-refractivity contribution in [2.75, 3.05) is 20.7 Å². The monoisotopic (exact) mass is 438 g/mol. The molecule has 3 aromatic carbocycles. The van der Waals surface area contributed by atoms with E-state index in [9.17, 15) is 13.2 Å². The lowest BCUT2D eigenvalue weighted by Gasteiger charge is -2.23. The van der Waals surface area contributed by atoms with Gasteiger partial charge in [0.05, 0.1) is 19.7 Å². The molecule has 0 aliphatic rings. The van der Waals surface area contributed by atoms with Crippen molar-refractivity contribution in [3.63, 3.8) is 0 Å². The summed E-state index contributed by atoms with van der Waals surface area (Å²) in [6.07, 6.45) is 0. The van der Waals surface area contributed by atoms with Crippen LogP contribution >= 0.6 is 0 Å². The maximum atomic E-state index is 13.1. The third kappa shape index (κ3) is 5.31. The zero-order chi connectivity index (χ0) is 22.4. The Bertz CT molecular complexity index is 1090. The van der Waals surface area contributed by atoms with Crippen LogP contribution in [0.25, 0.3) is 0 Å². The molecule has 0 atom stereocenters. The van der Waals surface area contributed by atoms with E-state index in [0.29, 0.717) is 0 Å². The van der Waals surface area contributed by atoms with E-state index in [4.69, 9.17) is 4.74 Å². The van der Waals surface area contributed by atoms with E-state index in [1.165, 1.54) is 14.2 Å². The Morgan fingerprint density at radius 2 is 1.52 bits per heavy atom. The molecule has 3 aromatic rings. The van der Waals surface area contributed by atoms with E-state index in [0.717, 1.165) is 21.0 Å². The molecule has 0 fully saturated rings. The van der Waals surface area contributed by atoms with Crippen LogP contribution in [-0.2, 0) is 14.8 Å². The molecule has 31 heavy (non-hydrogen) atoms. The Morgan fingerprint density at radius 1 is 0.968 bits per heavy atom. The van der Waals surface area contributed by atoms with Gasteiger partial charge < -0.3 is 10.1 Å². The van der Waals surface area contributed by atoms with Crippen molar-refractivity contribution in [3.8, 4) is 5.75 Å². The number of aryl methyl sites for hydroxylation is 1. The molecule has 0 aromatic heterocycles. The lowest BCUT2D eigenvalue weighted by atomic mass is 9.99. The lowest BCUT2D eigenvalue weighted by molar-refractivity contribution is -0.121. The number of sulfonamides is 1. The molecular formula is C24H26N2O4S. The van der Waals surface area contributed by atoms with E-state index in [2.05, 4.69) is 5.32 Å². The number of ether oxygens (including phenoxy) is 1. The summed E-state index contributed by atoms with van der Waals surface area (Å²) in [5.41, 5.74) is 2.60. The van der Waals surface area contributed by atoms with E-state index >= 15 is 0 Å². The minimum atomic E-state index is -3.92. The molecule has 0 saturated carbocycles. The van der Waals surface area contributed by atoms with Crippen molar-refractivity contribution >= 4 is 15.9 Å². The highest BCUT2D eigenvalue weighted by Crippen LogP contribution is 2.27. The fraction of sp³-hybridized carbons (Fsp3) is 0.208. The number of methoxy groups -OCH3 is 1. The number of nitrogens with one attached hydrogen (secondary N) is 1. The zero-order valence-electron chi connectivity index (χ0n) is 17.8. The zero-order valence-corrected chi connectivity index (χ0v) is 18.6. The van der Waals surface area contributed by atoms with Crippen molar-refractivity contribution in [1.29, 1.82) is 0 Å². The topological polar surface area (TPSA) is 75.7 Å². The predicted molar refractivity (Wildman–Crippen MR) is 120 cm³/mol. The molecule has 0 radical (unpaired) electrons. The number of rotatable bonds is 8. The van der Waals surface area contributed by atoms with Crippen molar-refractivity contribution in [1.82, 2.24) is 9.62 Å². The number of likely N-dealkylation sites (N-methyl/N-ethyl adjacent to an activating group) is 1. The van der Waals surface area contributed by atoms with Crippen molar-refractivity contribution in [2.24, 2.45) is 0 Å². The standard InChI is InChI=1S/C24H26N2O4S/c1-18-14-15-21(30-3)22(16-18)31(28,29)26(2)17-23(27)25-24(19-10-6-4-7-11-19)20-12-8-5-9-13-20/h4-16,24H,17H2,1-3H3,(H,25,27). The summed E-state index contributed by atoms with van der Waals surface area (Å²) in [7, 11) is -1.11. The highest BCUT2D eigenvalue weighted by molar-refractivity contribution is 7.89. The van der Waals surface area contributed by atoms with Crippen LogP contribution in [0.1, 0.15) is 22.7 Å². The van der Waals surface area contributed by atoms with E-state index in [-0.39, 0.29) is 23.2 Å². The van der Waals surface area contributed by atoms with Gasteiger partial charge in [-0.15, -0.1) is 0 Å². The molecule has 162 valence electrons. The van der Waals surface area contributed by atoms with Gasteiger partial charge in [0.15, 0.2) is 0 Å². The molecule has 0 unspecified atom stereocenters. The Hall–Kier alpha value is -3.16. The normalized spacial score (nSPS) is 11.5. The van der Waals surface area contributed by atoms with Gasteiger partial charge in [0.2, 0.25) is 15.9 Å². The first-order valence-corrected chi connectivity index (χ1v) is 11.3. The molecule has 0 heterocycles. The first-order valence-electron chi connectivity index (χ1n) is 9.83. The van der Waals surface area contributed by atoms with Gasteiger partial charge in [-0.2, -0.15) is 4.31 Å². The number of amides is 1. The summed E-state index contributed by atoms with van der Waals surface area (Å²) in [4.78, 5) is 12.9. The first-order chi connectivity index (χ1) is 14.8. The molecule has 0 aliphatic heterocycles. The molecule has 0 spiro atoms. The van der Waals surface area contributed by atoms with Gasteiger partial charge in [0, 0.05) is 7.05 Å². The van der Waals surface area contributed by atoms with Crippen molar-refractivity contribution in [2.45, 2.75) is 17.9 Å². The van der Waals surface area contributed by atoms with Crippen LogP contribution in [0.5, 0.6) is 5.75 Å². The smallest absolute Gasteiger partial charge is 0.246 e. The van der Waals surface area contributed by atoms with Crippen molar-refractivity contribution in [3.05, 3.63) is 95.6 Å². The number of hydrogen-bond acceptors (Lipinski definition) is 4. The number of nitrogens with zero attached hydrogens (tertiary/aromatic N) is 1. The Labute approximate surface area is 183 Å². The first kappa shape index (κ1) is 22.5. The van der Waals surface area contributed by atoms with Crippen LogP contribution in [0.15, 0.2) is 83.8 Å². The lowest BCUT2D eigenvalue weighted by Crippen LogP contribution is -2.40. The Morgan fingerprint density at radius 3 is 2.03 bits per heavy atom. The van der Waals surface area contributed by atoms with Gasteiger partial charge >= 0.3 is 0 Å². The maximum Gasteiger partial charge on any atom is 0.246 e. The Balaban J connectivity index is 1.82. The molecule has 3 rings (SSSR count). The van der Waals surface area contributed by atoms with E-state index < -0.39 is 15.9 Å². The summed E-state index contributed by atoms with van der Waals surface area (Å²) < 4.78 is 32.4. The SMILES string of the molecule is COc1ccc(C)cc1S(=O)(=O)N(C)CC(=O)NC(c1ccccc1)c1ccccc1. The van der Waals surface area contributed by atoms with Gasteiger partial charge in [-0.3, -0.25) is 4.79 Å². The largest absolute Gasteiger partial charge is 0.495 e. The summed E-state index contributed by atoms with van der Waals surface area (Å²) in [5.74, 6) is -0.167. The molecule has 0 aliphatic carbocycles. The second-order valence-corrected chi connectivity index (χ2v) is 9.25. The number of hydrogen-bond donors (Lipinski definition) is 1. The average Bonchev–Trinajstić information content (AvgIpc) is 2.78. The van der Waals surface area contributed by atoms with Gasteiger partial charge in [-0.05, 0) is 35.7 Å². The second-order valence-electron chi connectivity index (χ2n) is 7.24. The average molecular weight is 439 g/mol.